The Balaban J connectivity index is 2.40. The van der Waals surface area contributed by atoms with Crippen LogP contribution in [0.15, 0.2) is 22.7 Å². The number of esters is 1. The highest BCUT2D eigenvalue weighted by atomic mass is 79.9. The average molecular weight is 387 g/mol. The van der Waals surface area contributed by atoms with Crippen molar-refractivity contribution in [3.05, 3.63) is 34.1 Å². The van der Waals surface area contributed by atoms with Gasteiger partial charge in [-0.2, -0.15) is 0 Å². The second-order valence-corrected chi connectivity index (χ2v) is 7.59. The van der Waals surface area contributed by atoms with E-state index >= 15 is 0 Å². The van der Waals surface area contributed by atoms with E-state index in [1.165, 1.54) is 13.2 Å². The fourth-order valence-electron chi connectivity index (χ4n) is 2.47. The minimum atomic E-state index is -0.733. The van der Waals surface area contributed by atoms with Gasteiger partial charge in [-0.25, -0.2) is 4.39 Å². The van der Waals surface area contributed by atoms with Gasteiger partial charge >= 0.3 is 13.1 Å². The molecule has 0 aromatic heterocycles. The predicted molar refractivity (Wildman–Crippen MR) is 89.6 cm³/mol. The number of benzene rings is 1. The van der Waals surface area contributed by atoms with Crippen molar-refractivity contribution < 1.29 is 23.2 Å². The summed E-state index contributed by atoms with van der Waals surface area (Å²) in [7, 11) is 0.573. The Morgan fingerprint density at radius 1 is 1.30 bits per heavy atom. The van der Waals surface area contributed by atoms with Crippen LogP contribution in [0.4, 0.5) is 4.39 Å². The zero-order valence-electron chi connectivity index (χ0n) is 14.0. The monoisotopic (exact) mass is 386 g/mol. The lowest BCUT2D eigenvalue weighted by molar-refractivity contribution is -0.140. The largest absolute Gasteiger partial charge is 0.469 e. The van der Waals surface area contributed by atoms with Crippen LogP contribution in [0, 0.1) is 5.82 Å². The average Bonchev–Trinajstić information content (AvgIpc) is 2.67. The molecule has 0 amide bonds. The molecule has 0 aliphatic carbocycles. The van der Waals surface area contributed by atoms with Gasteiger partial charge in [-0.3, -0.25) is 4.79 Å². The summed E-state index contributed by atoms with van der Waals surface area (Å²) in [4.78, 5) is 11.8. The molecule has 1 aliphatic heterocycles. The van der Waals surface area contributed by atoms with Gasteiger partial charge in [0.25, 0.3) is 0 Å². The Bertz CT molecular complexity index is 590. The van der Waals surface area contributed by atoms with Crippen molar-refractivity contribution >= 4 is 29.0 Å². The molecule has 1 atom stereocenters. The van der Waals surface area contributed by atoms with Crippen molar-refractivity contribution in [1.82, 2.24) is 0 Å². The van der Waals surface area contributed by atoms with Gasteiger partial charge in [0.15, 0.2) is 0 Å². The lowest BCUT2D eigenvalue weighted by Gasteiger charge is -2.32. The first-order valence-electron chi connectivity index (χ1n) is 7.45. The van der Waals surface area contributed by atoms with Crippen LogP contribution in [-0.4, -0.2) is 31.4 Å². The summed E-state index contributed by atoms with van der Waals surface area (Å²) in [6, 6.07) is 4.61. The summed E-state index contributed by atoms with van der Waals surface area (Å²) < 4.78 is 31.8. The Morgan fingerprint density at radius 2 is 1.87 bits per heavy atom. The van der Waals surface area contributed by atoms with E-state index in [1.54, 1.807) is 12.1 Å². The van der Waals surface area contributed by atoms with E-state index in [-0.39, 0.29) is 6.42 Å². The van der Waals surface area contributed by atoms with E-state index in [2.05, 4.69) is 15.9 Å². The van der Waals surface area contributed by atoms with Crippen molar-refractivity contribution in [3.8, 4) is 0 Å². The molecule has 0 radical (unpaired) electrons. The molecule has 1 unspecified atom stereocenters. The van der Waals surface area contributed by atoms with E-state index in [9.17, 15) is 9.18 Å². The summed E-state index contributed by atoms with van der Waals surface area (Å²) in [5.41, 5.74) is -0.758. The maximum absolute atomic E-state index is 14.3. The first-order chi connectivity index (χ1) is 10.6. The van der Waals surface area contributed by atoms with E-state index in [0.717, 1.165) is 4.47 Å². The molecule has 7 heteroatoms. The summed E-state index contributed by atoms with van der Waals surface area (Å²) >= 11 is 3.34. The van der Waals surface area contributed by atoms with Crippen molar-refractivity contribution in [1.29, 1.82) is 0 Å². The zero-order valence-corrected chi connectivity index (χ0v) is 15.6. The number of ether oxygens (including phenoxy) is 1. The second-order valence-electron chi connectivity index (χ2n) is 6.68. The van der Waals surface area contributed by atoms with Gasteiger partial charge in [-0.15, -0.1) is 0 Å². The highest BCUT2D eigenvalue weighted by Gasteiger charge is 2.54. The number of halogens is 2. The first kappa shape index (κ1) is 18.4. The van der Waals surface area contributed by atoms with Crippen molar-refractivity contribution in [2.45, 2.75) is 51.1 Å². The number of carbonyl (C=O) groups is 1. The van der Waals surface area contributed by atoms with Gasteiger partial charge in [-0.1, -0.05) is 15.9 Å². The van der Waals surface area contributed by atoms with Crippen molar-refractivity contribution in [2.24, 2.45) is 0 Å². The van der Waals surface area contributed by atoms with Gasteiger partial charge in [0.1, 0.15) is 5.82 Å². The third-order valence-corrected chi connectivity index (χ3v) is 5.07. The molecule has 0 spiro atoms. The quantitative estimate of drug-likeness (QED) is 0.582. The summed E-state index contributed by atoms with van der Waals surface area (Å²) in [5, 5.41) is 0. The molecule has 1 fully saturated rings. The molecule has 1 aromatic carbocycles. The molecule has 0 N–H and O–H groups in total. The van der Waals surface area contributed by atoms with Crippen LogP contribution < -0.4 is 0 Å². The van der Waals surface area contributed by atoms with Gasteiger partial charge < -0.3 is 14.0 Å². The molecule has 2 rings (SSSR count). The number of methoxy groups -OCH3 is 1. The summed E-state index contributed by atoms with van der Waals surface area (Å²) in [6.07, 6.45) is -0.0271. The topological polar surface area (TPSA) is 44.8 Å². The summed E-state index contributed by atoms with van der Waals surface area (Å²) in [6.45, 7) is 7.66. The molecule has 4 nitrogen and oxygen atoms in total. The fourth-order valence-corrected chi connectivity index (χ4v) is 2.85. The Hall–Kier alpha value is -0.915. The van der Waals surface area contributed by atoms with E-state index < -0.39 is 35.9 Å². The van der Waals surface area contributed by atoms with Crippen LogP contribution >= 0.6 is 15.9 Å². The molecule has 0 bridgehead atoms. The Labute approximate surface area is 145 Å². The van der Waals surface area contributed by atoms with Crippen LogP contribution in [0.3, 0.4) is 0 Å². The lowest BCUT2D eigenvalue weighted by atomic mass is 9.66. The Morgan fingerprint density at radius 3 is 2.39 bits per heavy atom. The number of hydrogen-bond donors (Lipinski definition) is 0. The van der Waals surface area contributed by atoms with Gasteiger partial charge in [0.2, 0.25) is 0 Å². The van der Waals surface area contributed by atoms with Crippen LogP contribution in [0.25, 0.3) is 0 Å². The molecular formula is C16H21BBrFO4. The van der Waals surface area contributed by atoms with Crippen molar-refractivity contribution in [2.75, 3.05) is 7.11 Å². The maximum Gasteiger partial charge on any atom is 0.466 e. The predicted octanol–water partition coefficient (Wildman–Crippen LogP) is 3.87. The van der Waals surface area contributed by atoms with E-state index in [0.29, 0.717) is 5.56 Å². The molecule has 1 aliphatic rings. The third kappa shape index (κ3) is 3.78. The molecular weight excluding hydrogens is 366 g/mol. The van der Waals surface area contributed by atoms with Crippen LogP contribution in [-0.2, 0) is 18.8 Å². The lowest BCUT2D eigenvalue weighted by Crippen LogP contribution is -2.41. The first-order valence-corrected chi connectivity index (χ1v) is 8.24. The highest BCUT2D eigenvalue weighted by Crippen LogP contribution is 2.42. The second kappa shape index (κ2) is 6.53. The van der Waals surface area contributed by atoms with Gasteiger partial charge in [0.05, 0.1) is 24.7 Å². The highest BCUT2D eigenvalue weighted by molar-refractivity contribution is 9.10. The molecule has 1 saturated heterocycles. The zero-order chi connectivity index (χ0) is 17.4. The van der Waals surface area contributed by atoms with Crippen LogP contribution in [0.5, 0.6) is 0 Å². The normalized spacial score (nSPS) is 20.4. The standard InChI is InChI=1S/C16H21BBrFO4/c1-15(2)16(3,4)23-17(22-15)12(9-14(20)21-5)11-8-10(18)6-7-13(11)19/h6-8,12H,9H2,1-5H3. The SMILES string of the molecule is COC(=O)CC(B1OC(C)(C)C(C)(C)O1)c1cc(Br)ccc1F. The number of hydrogen-bond acceptors (Lipinski definition) is 4. The third-order valence-electron chi connectivity index (χ3n) is 4.57. The van der Waals surface area contributed by atoms with E-state index in [4.69, 9.17) is 14.0 Å². The minimum Gasteiger partial charge on any atom is -0.469 e. The minimum absolute atomic E-state index is 0.0271. The fraction of sp³-hybridized carbons (Fsp3) is 0.562. The van der Waals surface area contributed by atoms with Crippen LogP contribution in [0.2, 0.25) is 0 Å². The molecule has 23 heavy (non-hydrogen) atoms. The molecule has 1 aromatic rings. The van der Waals surface area contributed by atoms with Crippen molar-refractivity contribution in [3.63, 3.8) is 0 Å². The maximum atomic E-state index is 14.3. The molecule has 126 valence electrons. The van der Waals surface area contributed by atoms with Crippen LogP contribution in [0.1, 0.15) is 45.5 Å². The van der Waals surface area contributed by atoms with Gasteiger partial charge in [0, 0.05) is 10.3 Å². The molecule has 1 heterocycles. The Kier molecular flexibility index (Phi) is 5.23. The number of rotatable bonds is 4. The summed E-state index contributed by atoms with van der Waals surface area (Å²) in [5.74, 6) is -1.44. The molecule has 0 saturated carbocycles. The smallest absolute Gasteiger partial charge is 0.466 e. The van der Waals surface area contributed by atoms with E-state index in [1.807, 2.05) is 27.7 Å². The van der Waals surface area contributed by atoms with Gasteiger partial charge in [-0.05, 0) is 51.5 Å². The number of carbonyl (C=O) groups excluding carboxylic acids is 1.